The number of amides is 1. The molecule has 1 aliphatic heterocycles. The van der Waals surface area contributed by atoms with Crippen molar-refractivity contribution in [2.75, 3.05) is 48.5 Å². The highest BCUT2D eigenvalue weighted by Gasteiger charge is 2.24. The van der Waals surface area contributed by atoms with Gasteiger partial charge in [0.2, 0.25) is 5.95 Å². The van der Waals surface area contributed by atoms with Crippen LogP contribution < -0.4 is 21.0 Å². The van der Waals surface area contributed by atoms with Gasteiger partial charge in [-0.05, 0) is 45.0 Å². The second kappa shape index (κ2) is 12.1. The van der Waals surface area contributed by atoms with Gasteiger partial charge in [0.1, 0.15) is 11.4 Å². The molecule has 1 aliphatic rings. The molecule has 226 valence electrons. The Morgan fingerprint density at radius 3 is 2.37 bits per heavy atom. The van der Waals surface area contributed by atoms with E-state index in [-0.39, 0.29) is 5.56 Å². The van der Waals surface area contributed by atoms with E-state index < -0.39 is 17.7 Å². The van der Waals surface area contributed by atoms with Crippen LogP contribution in [0.15, 0.2) is 36.7 Å². The number of anilines is 3. The third-order valence-corrected chi connectivity index (χ3v) is 6.59. The standard InChI is InChI=1S/C28H34N10O5/c1-28(2,3)42-27(40)32-19-8-6-17(7-9-19)22-34-23-21(24(35-22)38-10-12-41-13-11-38)33-20(37(23)5)16-36(4)26-30-14-18(15-31-26)25(39)43-29/h6-9,14-15H,10-13,16,29H2,1-5H3,(H,32,40). The topological polar surface area (TPSA) is 176 Å². The molecule has 5 rings (SSSR count). The molecule has 4 aromatic rings. The minimum atomic E-state index is -0.719. The zero-order valence-electron chi connectivity index (χ0n) is 24.7. The summed E-state index contributed by atoms with van der Waals surface area (Å²) in [5.74, 6) is 6.56. The first-order valence-electron chi connectivity index (χ1n) is 13.6. The molecule has 4 heterocycles. The summed E-state index contributed by atoms with van der Waals surface area (Å²) >= 11 is 0. The van der Waals surface area contributed by atoms with E-state index in [0.29, 0.717) is 73.1 Å². The van der Waals surface area contributed by atoms with Crippen molar-refractivity contribution in [2.45, 2.75) is 32.9 Å². The average Bonchev–Trinajstić information content (AvgIpc) is 3.30. The SMILES string of the molecule is CN(Cc1nc2c(N3CCOCC3)nc(-c3ccc(NC(=O)OC(C)(C)C)cc3)nc2n1C)c1ncc(C(=O)ON)cn1. The third-order valence-electron chi connectivity index (χ3n) is 6.59. The van der Waals surface area contributed by atoms with E-state index in [1.54, 1.807) is 17.0 Å². The maximum atomic E-state index is 12.2. The molecule has 1 amide bonds. The molecule has 15 nitrogen and oxygen atoms in total. The maximum Gasteiger partial charge on any atom is 0.412 e. The summed E-state index contributed by atoms with van der Waals surface area (Å²) in [4.78, 5) is 55.3. The number of fused-ring (bicyclic) bond motifs is 1. The first kappa shape index (κ1) is 29.6. The Kier molecular flexibility index (Phi) is 8.36. The number of carbonyl (C=O) groups excluding carboxylic acids is 2. The normalized spacial score (nSPS) is 13.6. The Morgan fingerprint density at radius 1 is 1.07 bits per heavy atom. The Balaban J connectivity index is 1.45. The molecule has 43 heavy (non-hydrogen) atoms. The summed E-state index contributed by atoms with van der Waals surface area (Å²) < 4.78 is 12.8. The van der Waals surface area contributed by atoms with Crippen LogP contribution in [0.25, 0.3) is 22.6 Å². The van der Waals surface area contributed by atoms with Crippen molar-refractivity contribution in [3.8, 4) is 11.4 Å². The molecule has 1 aromatic carbocycles. The lowest BCUT2D eigenvalue weighted by Crippen LogP contribution is -2.37. The molecule has 1 fully saturated rings. The van der Waals surface area contributed by atoms with Gasteiger partial charge in [0.15, 0.2) is 22.8 Å². The number of benzene rings is 1. The van der Waals surface area contributed by atoms with Crippen LogP contribution in [-0.4, -0.2) is 80.5 Å². The van der Waals surface area contributed by atoms with Crippen LogP contribution in [-0.2, 0) is 27.9 Å². The average molecular weight is 591 g/mol. The first-order valence-corrected chi connectivity index (χ1v) is 13.6. The molecule has 0 atom stereocenters. The number of hydrogen-bond donors (Lipinski definition) is 2. The number of hydrogen-bond acceptors (Lipinski definition) is 13. The van der Waals surface area contributed by atoms with Crippen molar-refractivity contribution in [3.05, 3.63) is 48.0 Å². The van der Waals surface area contributed by atoms with E-state index >= 15 is 0 Å². The van der Waals surface area contributed by atoms with E-state index in [0.717, 1.165) is 5.56 Å². The van der Waals surface area contributed by atoms with E-state index in [4.69, 9.17) is 30.3 Å². The summed E-state index contributed by atoms with van der Waals surface area (Å²) in [5, 5.41) is 2.74. The molecular formula is C28H34N10O5. The van der Waals surface area contributed by atoms with Crippen LogP contribution in [0.3, 0.4) is 0 Å². The predicted octanol–water partition coefficient (Wildman–Crippen LogP) is 2.67. The highest BCUT2D eigenvalue weighted by Crippen LogP contribution is 2.29. The lowest BCUT2D eigenvalue weighted by molar-refractivity contribution is 0.0501. The number of nitrogens with one attached hydrogen (secondary N) is 1. The number of rotatable bonds is 7. The lowest BCUT2D eigenvalue weighted by Gasteiger charge is -2.28. The Morgan fingerprint density at radius 2 is 1.74 bits per heavy atom. The van der Waals surface area contributed by atoms with Gasteiger partial charge in [0.05, 0.1) is 25.3 Å². The molecule has 0 radical (unpaired) electrons. The van der Waals surface area contributed by atoms with Crippen LogP contribution in [0.5, 0.6) is 0 Å². The van der Waals surface area contributed by atoms with Gasteiger partial charge < -0.3 is 28.7 Å². The summed E-state index contributed by atoms with van der Waals surface area (Å²) in [6, 6.07) is 7.26. The van der Waals surface area contributed by atoms with Crippen molar-refractivity contribution in [3.63, 3.8) is 0 Å². The summed E-state index contributed by atoms with van der Waals surface area (Å²) in [6.45, 7) is 8.29. The quantitative estimate of drug-likeness (QED) is 0.301. The minimum absolute atomic E-state index is 0.147. The van der Waals surface area contributed by atoms with E-state index in [9.17, 15) is 9.59 Å². The van der Waals surface area contributed by atoms with Crippen molar-refractivity contribution >= 4 is 40.7 Å². The van der Waals surface area contributed by atoms with Crippen LogP contribution in [0, 0.1) is 0 Å². The van der Waals surface area contributed by atoms with Crippen LogP contribution in [0.2, 0.25) is 0 Å². The maximum absolute atomic E-state index is 12.2. The largest absolute Gasteiger partial charge is 0.444 e. The Labute approximate surface area is 248 Å². The van der Waals surface area contributed by atoms with Gasteiger partial charge in [0, 0.05) is 50.8 Å². The number of imidazole rings is 1. The molecule has 1 saturated heterocycles. The van der Waals surface area contributed by atoms with Gasteiger partial charge in [-0.2, -0.15) is 5.90 Å². The van der Waals surface area contributed by atoms with Gasteiger partial charge in [-0.1, -0.05) is 0 Å². The van der Waals surface area contributed by atoms with Gasteiger partial charge in [0.25, 0.3) is 0 Å². The molecule has 15 heteroatoms. The monoisotopic (exact) mass is 590 g/mol. The summed E-state index contributed by atoms with van der Waals surface area (Å²) in [6.07, 6.45) is 2.18. The zero-order chi connectivity index (χ0) is 30.7. The zero-order valence-corrected chi connectivity index (χ0v) is 24.7. The van der Waals surface area contributed by atoms with Gasteiger partial charge in [-0.3, -0.25) is 5.32 Å². The molecule has 0 unspecified atom stereocenters. The number of aromatic nitrogens is 6. The molecule has 0 bridgehead atoms. The molecule has 0 saturated carbocycles. The summed E-state index contributed by atoms with van der Waals surface area (Å²) in [7, 11) is 3.72. The predicted molar refractivity (Wildman–Crippen MR) is 158 cm³/mol. The fourth-order valence-electron chi connectivity index (χ4n) is 4.46. The minimum Gasteiger partial charge on any atom is -0.444 e. The number of ether oxygens (including phenoxy) is 2. The van der Waals surface area contributed by atoms with Crippen molar-refractivity contribution in [1.82, 2.24) is 29.5 Å². The number of nitrogens with two attached hydrogens (primary N) is 1. The van der Waals surface area contributed by atoms with E-state index in [1.807, 2.05) is 51.6 Å². The van der Waals surface area contributed by atoms with Gasteiger partial charge in [-0.15, -0.1) is 0 Å². The van der Waals surface area contributed by atoms with Crippen LogP contribution >= 0.6 is 0 Å². The number of nitrogens with zero attached hydrogens (tertiary/aromatic N) is 8. The van der Waals surface area contributed by atoms with E-state index in [1.165, 1.54) is 12.4 Å². The molecule has 3 N–H and O–H groups in total. The van der Waals surface area contributed by atoms with Gasteiger partial charge in [-0.25, -0.2) is 34.5 Å². The number of morpholine rings is 1. The van der Waals surface area contributed by atoms with E-state index in [2.05, 4.69) is 25.0 Å². The second-order valence-electron chi connectivity index (χ2n) is 11.0. The number of aryl methyl sites for hydroxylation is 1. The Bertz CT molecular complexity index is 1610. The first-order chi connectivity index (χ1) is 20.5. The smallest absolute Gasteiger partial charge is 0.412 e. The van der Waals surface area contributed by atoms with Gasteiger partial charge >= 0.3 is 12.1 Å². The highest BCUT2D eigenvalue weighted by molar-refractivity contribution is 5.89. The molecule has 0 spiro atoms. The van der Waals surface area contributed by atoms with Crippen molar-refractivity contribution in [2.24, 2.45) is 12.9 Å². The van der Waals surface area contributed by atoms with Crippen LogP contribution in [0.4, 0.5) is 22.2 Å². The third kappa shape index (κ3) is 6.79. The van der Waals surface area contributed by atoms with Crippen LogP contribution in [0.1, 0.15) is 37.0 Å². The molecular weight excluding hydrogens is 556 g/mol. The molecule has 0 aliphatic carbocycles. The molecule has 3 aromatic heterocycles. The fraction of sp³-hybridized carbons (Fsp3) is 0.393. The Hall–Kier alpha value is -4.89. The number of carbonyl (C=O) groups is 2. The van der Waals surface area contributed by atoms with Crippen molar-refractivity contribution in [1.29, 1.82) is 0 Å². The van der Waals surface area contributed by atoms with Crippen molar-refractivity contribution < 1.29 is 23.9 Å². The second-order valence-corrected chi connectivity index (χ2v) is 11.0. The lowest BCUT2D eigenvalue weighted by atomic mass is 10.2. The highest BCUT2D eigenvalue weighted by atomic mass is 16.7. The fourth-order valence-corrected chi connectivity index (χ4v) is 4.46. The summed E-state index contributed by atoms with van der Waals surface area (Å²) in [5.41, 5.74) is 2.24.